The van der Waals surface area contributed by atoms with E-state index in [1.165, 1.54) is 0 Å². The van der Waals surface area contributed by atoms with E-state index in [0.717, 1.165) is 45.3 Å². The second-order valence-corrected chi connectivity index (χ2v) is 8.18. The van der Waals surface area contributed by atoms with Gasteiger partial charge in [-0.2, -0.15) is 0 Å². The van der Waals surface area contributed by atoms with E-state index in [9.17, 15) is 13.6 Å². The van der Waals surface area contributed by atoms with Crippen molar-refractivity contribution in [2.45, 2.75) is 70.1 Å². The van der Waals surface area contributed by atoms with Crippen LogP contribution < -0.4 is 11.1 Å². The van der Waals surface area contributed by atoms with Crippen LogP contribution >= 0.6 is 12.4 Å². The van der Waals surface area contributed by atoms with Gasteiger partial charge in [0.1, 0.15) is 13.3 Å². The Labute approximate surface area is 168 Å². The molecule has 2 rings (SSSR count). The molecule has 4 N–H and O–H groups in total. The standard InChI is InChI=1S/C10H20N2O2.C8H16F2N2.ClH/c1-10(2,3)12(9(13)14)8-5-4-6-11-7-8;9-4-8(5-10)12-3-1-2-7(11)6-12;/h8,11H,4-7H2,1-3H3,(H,13,14);7-8H,1-6,11H2;1H/t8-;7-;/m11./s1. The van der Waals surface area contributed by atoms with Gasteiger partial charge in [-0.3, -0.25) is 9.80 Å². The molecule has 0 aliphatic carbocycles. The van der Waals surface area contributed by atoms with Crippen molar-refractivity contribution in [3.8, 4) is 0 Å². The van der Waals surface area contributed by atoms with Crippen LogP contribution in [0.3, 0.4) is 0 Å². The molecule has 2 fully saturated rings. The molecule has 0 aromatic rings. The van der Waals surface area contributed by atoms with Gasteiger partial charge in [-0.15, -0.1) is 12.4 Å². The lowest BCUT2D eigenvalue weighted by atomic mass is 9.99. The van der Waals surface area contributed by atoms with Gasteiger partial charge < -0.3 is 16.2 Å². The van der Waals surface area contributed by atoms with Crippen molar-refractivity contribution in [2.24, 2.45) is 5.73 Å². The van der Waals surface area contributed by atoms with Crippen LogP contribution in [0.4, 0.5) is 13.6 Å². The van der Waals surface area contributed by atoms with Gasteiger partial charge in [-0.25, -0.2) is 13.6 Å². The second kappa shape index (κ2) is 12.7. The van der Waals surface area contributed by atoms with Crippen LogP contribution in [0.15, 0.2) is 0 Å². The van der Waals surface area contributed by atoms with E-state index in [4.69, 9.17) is 10.8 Å². The first kappa shape index (κ1) is 26.3. The second-order valence-electron chi connectivity index (χ2n) is 8.18. The number of halogens is 3. The highest BCUT2D eigenvalue weighted by molar-refractivity contribution is 5.85. The highest BCUT2D eigenvalue weighted by Gasteiger charge is 2.33. The Bertz CT molecular complexity index is 417. The molecule has 0 bridgehead atoms. The van der Waals surface area contributed by atoms with Crippen molar-refractivity contribution in [3.63, 3.8) is 0 Å². The first-order chi connectivity index (χ1) is 12.2. The number of rotatable bonds is 4. The molecule has 1 amide bonds. The molecule has 162 valence electrons. The Morgan fingerprint density at radius 3 is 2.33 bits per heavy atom. The largest absolute Gasteiger partial charge is 0.465 e. The van der Waals surface area contributed by atoms with Crippen molar-refractivity contribution in [1.29, 1.82) is 0 Å². The summed E-state index contributed by atoms with van der Waals surface area (Å²) in [6.45, 7) is 7.82. The normalized spacial score (nSPS) is 23.8. The van der Waals surface area contributed by atoms with Gasteiger partial charge in [0.25, 0.3) is 0 Å². The monoisotopic (exact) mass is 414 g/mol. The fraction of sp³-hybridized carbons (Fsp3) is 0.944. The van der Waals surface area contributed by atoms with Crippen molar-refractivity contribution in [2.75, 3.05) is 39.5 Å². The molecule has 2 aliphatic heterocycles. The average Bonchev–Trinajstić information content (AvgIpc) is 2.56. The van der Waals surface area contributed by atoms with Gasteiger partial charge in [-0.05, 0) is 59.5 Å². The van der Waals surface area contributed by atoms with E-state index in [2.05, 4.69) is 5.32 Å². The number of carboxylic acid groups (broad SMARTS) is 1. The number of piperidine rings is 2. The fourth-order valence-corrected chi connectivity index (χ4v) is 3.65. The number of hydrogen-bond acceptors (Lipinski definition) is 4. The minimum atomic E-state index is -0.814. The number of alkyl halides is 2. The zero-order chi connectivity index (χ0) is 19.7. The molecular weight excluding hydrogens is 378 g/mol. The van der Waals surface area contributed by atoms with Crippen molar-refractivity contribution >= 4 is 18.5 Å². The van der Waals surface area contributed by atoms with E-state index >= 15 is 0 Å². The van der Waals surface area contributed by atoms with Crippen molar-refractivity contribution in [1.82, 2.24) is 15.1 Å². The van der Waals surface area contributed by atoms with Crippen molar-refractivity contribution in [3.05, 3.63) is 0 Å². The minimum absolute atomic E-state index is 0. The zero-order valence-corrected chi connectivity index (χ0v) is 17.6. The Balaban J connectivity index is 0.000000488. The number of hydrogen-bond donors (Lipinski definition) is 3. The molecule has 2 saturated heterocycles. The van der Waals surface area contributed by atoms with Gasteiger partial charge >= 0.3 is 6.09 Å². The Kier molecular flexibility index (Phi) is 12.4. The van der Waals surface area contributed by atoms with Crippen molar-refractivity contribution < 1.29 is 18.7 Å². The highest BCUT2D eigenvalue weighted by atomic mass is 35.5. The summed E-state index contributed by atoms with van der Waals surface area (Å²) in [5.74, 6) is 0. The molecule has 2 heterocycles. The van der Waals surface area contributed by atoms with Crippen LogP contribution in [-0.2, 0) is 0 Å². The van der Waals surface area contributed by atoms with E-state index in [1.807, 2.05) is 25.7 Å². The molecule has 2 atom stereocenters. The summed E-state index contributed by atoms with van der Waals surface area (Å²) >= 11 is 0. The van der Waals surface area contributed by atoms with E-state index in [0.29, 0.717) is 6.54 Å². The number of amides is 1. The molecule has 6 nitrogen and oxygen atoms in total. The Morgan fingerprint density at radius 2 is 1.93 bits per heavy atom. The highest BCUT2D eigenvalue weighted by Crippen LogP contribution is 2.21. The number of carbonyl (C=O) groups is 1. The molecule has 2 aliphatic rings. The van der Waals surface area contributed by atoms with Crippen LogP contribution in [0.2, 0.25) is 0 Å². The molecule has 9 heteroatoms. The number of nitrogens with zero attached hydrogens (tertiary/aromatic N) is 2. The van der Waals surface area contributed by atoms with E-state index in [-0.39, 0.29) is 30.0 Å². The van der Waals surface area contributed by atoms with Gasteiger partial charge in [0.05, 0.1) is 6.04 Å². The van der Waals surface area contributed by atoms with Crippen LogP contribution in [0.25, 0.3) is 0 Å². The van der Waals surface area contributed by atoms with Gasteiger partial charge in [0, 0.05) is 30.7 Å². The first-order valence-electron chi connectivity index (χ1n) is 9.55. The maximum Gasteiger partial charge on any atom is 0.408 e. The third kappa shape index (κ3) is 8.89. The predicted octanol–water partition coefficient (Wildman–Crippen LogP) is 2.66. The molecule has 0 aromatic carbocycles. The zero-order valence-electron chi connectivity index (χ0n) is 16.8. The molecule has 0 saturated carbocycles. The fourth-order valence-electron chi connectivity index (χ4n) is 3.65. The predicted molar refractivity (Wildman–Crippen MR) is 107 cm³/mol. The number of likely N-dealkylation sites (tertiary alicyclic amines) is 1. The third-order valence-electron chi connectivity index (χ3n) is 4.93. The average molecular weight is 415 g/mol. The summed E-state index contributed by atoms with van der Waals surface area (Å²) in [5.41, 5.74) is 5.38. The molecule has 0 radical (unpaired) electrons. The van der Waals surface area contributed by atoms with Gasteiger partial charge in [0.15, 0.2) is 0 Å². The minimum Gasteiger partial charge on any atom is -0.465 e. The molecule has 27 heavy (non-hydrogen) atoms. The molecule has 0 aromatic heterocycles. The van der Waals surface area contributed by atoms with E-state index < -0.39 is 25.5 Å². The quantitative estimate of drug-likeness (QED) is 0.658. The lowest BCUT2D eigenvalue weighted by molar-refractivity contribution is 0.0614. The van der Waals surface area contributed by atoms with Crippen LogP contribution in [0, 0.1) is 0 Å². The first-order valence-corrected chi connectivity index (χ1v) is 9.55. The Hall–Kier alpha value is -0.700. The maximum atomic E-state index is 12.2. The number of nitrogens with one attached hydrogen (secondary N) is 1. The smallest absolute Gasteiger partial charge is 0.408 e. The van der Waals surface area contributed by atoms with Crippen LogP contribution in [0.5, 0.6) is 0 Å². The lowest BCUT2D eigenvalue weighted by Crippen LogP contribution is -2.56. The van der Waals surface area contributed by atoms with E-state index in [1.54, 1.807) is 4.90 Å². The lowest BCUT2D eigenvalue weighted by Gasteiger charge is -2.41. The molecule has 0 spiro atoms. The van der Waals surface area contributed by atoms with Gasteiger partial charge in [0.2, 0.25) is 0 Å². The number of nitrogens with two attached hydrogens (primary N) is 1. The third-order valence-corrected chi connectivity index (χ3v) is 4.93. The maximum absolute atomic E-state index is 12.2. The van der Waals surface area contributed by atoms with Crippen LogP contribution in [-0.4, -0.2) is 84.2 Å². The summed E-state index contributed by atoms with van der Waals surface area (Å²) < 4.78 is 24.5. The molecule has 0 unspecified atom stereocenters. The summed E-state index contributed by atoms with van der Waals surface area (Å²) in [5, 5.41) is 12.4. The Morgan fingerprint density at radius 1 is 1.30 bits per heavy atom. The topological polar surface area (TPSA) is 81.8 Å². The van der Waals surface area contributed by atoms with Gasteiger partial charge in [-0.1, -0.05) is 0 Å². The van der Waals surface area contributed by atoms with Crippen LogP contribution in [0.1, 0.15) is 46.5 Å². The SMILES string of the molecule is CC(C)(C)N(C(=O)O)[C@@H]1CCCNC1.Cl.N[C@@H]1CCCN(C(CF)CF)C1. The summed E-state index contributed by atoms with van der Waals surface area (Å²) in [4.78, 5) is 14.5. The summed E-state index contributed by atoms with van der Waals surface area (Å²) in [7, 11) is 0. The summed E-state index contributed by atoms with van der Waals surface area (Å²) in [6, 6.07) is -0.336. The molecular formula is C18H37ClF2N4O2. The summed E-state index contributed by atoms with van der Waals surface area (Å²) in [6.07, 6.45) is 3.15.